The van der Waals surface area contributed by atoms with Gasteiger partial charge in [0.2, 0.25) is 5.91 Å². The quantitative estimate of drug-likeness (QED) is 0.403. The maximum absolute atomic E-state index is 13.4. The predicted octanol–water partition coefficient (Wildman–Crippen LogP) is 4.41. The van der Waals surface area contributed by atoms with Crippen LogP contribution in [0.15, 0.2) is 75.9 Å². The standard InChI is InChI=1S/C25H22FN3O5/c1-33-21-12-11-18(15-19(21)28-24(31)16-6-4-7-17(26)14-16)27-23(30)10-5-13-29-20-8-2-3-9-22(20)34-25(29)32/h2-4,6-9,11-12,14-15H,5,10,13H2,1H3,(H,27,30)(H,28,31). The summed E-state index contributed by atoms with van der Waals surface area (Å²) in [6, 6.07) is 17.2. The number of carbonyl (C=O) groups excluding carboxylic acids is 2. The van der Waals surface area contributed by atoms with Gasteiger partial charge in [-0.15, -0.1) is 0 Å². The number of oxazole rings is 1. The molecule has 3 aromatic carbocycles. The van der Waals surface area contributed by atoms with Crippen LogP contribution in [0.4, 0.5) is 15.8 Å². The highest BCUT2D eigenvalue weighted by atomic mass is 19.1. The van der Waals surface area contributed by atoms with Crippen LogP contribution >= 0.6 is 0 Å². The van der Waals surface area contributed by atoms with Crippen LogP contribution in [-0.4, -0.2) is 23.5 Å². The molecule has 0 aliphatic carbocycles. The molecule has 0 aliphatic heterocycles. The summed E-state index contributed by atoms with van der Waals surface area (Å²) >= 11 is 0. The van der Waals surface area contributed by atoms with Crippen molar-refractivity contribution in [3.05, 3.63) is 88.7 Å². The monoisotopic (exact) mass is 463 g/mol. The molecule has 0 aliphatic rings. The third kappa shape index (κ3) is 5.15. The first kappa shape index (κ1) is 22.8. The number of anilines is 2. The van der Waals surface area contributed by atoms with Crippen molar-refractivity contribution in [2.24, 2.45) is 0 Å². The molecule has 174 valence electrons. The minimum Gasteiger partial charge on any atom is -0.495 e. The van der Waals surface area contributed by atoms with Gasteiger partial charge in [-0.2, -0.15) is 0 Å². The van der Waals surface area contributed by atoms with E-state index in [9.17, 15) is 18.8 Å². The molecule has 1 aromatic heterocycles. The van der Waals surface area contributed by atoms with Crippen molar-refractivity contribution in [2.75, 3.05) is 17.7 Å². The molecule has 4 rings (SSSR count). The van der Waals surface area contributed by atoms with Gasteiger partial charge in [0.15, 0.2) is 5.58 Å². The molecule has 0 bridgehead atoms. The Morgan fingerprint density at radius 2 is 1.85 bits per heavy atom. The van der Waals surface area contributed by atoms with Gasteiger partial charge >= 0.3 is 5.76 Å². The van der Waals surface area contributed by atoms with Gasteiger partial charge in [-0.3, -0.25) is 14.2 Å². The Morgan fingerprint density at radius 3 is 2.65 bits per heavy atom. The number of benzene rings is 3. The number of halogens is 1. The highest BCUT2D eigenvalue weighted by Gasteiger charge is 2.13. The third-order valence-electron chi connectivity index (χ3n) is 5.18. The third-order valence-corrected chi connectivity index (χ3v) is 5.18. The molecule has 1 heterocycles. The largest absolute Gasteiger partial charge is 0.495 e. The molecule has 2 amide bonds. The first-order valence-electron chi connectivity index (χ1n) is 10.6. The van der Waals surface area contributed by atoms with E-state index in [1.807, 2.05) is 6.07 Å². The van der Waals surface area contributed by atoms with Crippen LogP contribution in [0.2, 0.25) is 0 Å². The maximum Gasteiger partial charge on any atom is 0.419 e. The Morgan fingerprint density at radius 1 is 1.03 bits per heavy atom. The van der Waals surface area contributed by atoms with E-state index in [-0.39, 0.29) is 17.9 Å². The Labute approximate surface area is 194 Å². The Balaban J connectivity index is 1.39. The fourth-order valence-electron chi connectivity index (χ4n) is 3.55. The van der Waals surface area contributed by atoms with Crippen LogP contribution < -0.4 is 21.1 Å². The van der Waals surface area contributed by atoms with Gasteiger partial charge in [0.1, 0.15) is 11.6 Å². The number of aryl methyl sites for hydroxylation is 1. The van der Waals surface area contributed by atoms with Gasteiger partial charge in [-0.05, 0) is 55.0 Å². The zero-order valence-electron chi connectivity index (χ0n) is 18.3. The molecule has 0 saturated carbocycles. The van der Waals surface area contributed by atoms with Crippen LogP contribution in [0.3, 0.4) is 0 Å². The van der Waals surface area contributed by atoms with Gasteiger partial charge in [-0.1, -0.05) is 18.2 Å². The smallest absolute Gasteiger partial charge is 0.419 e. The van der Waals surface area contributed by atoms with Gasteiger partial charge in [0.25, 0.3) is 5.91 Å². The van der Waals surface area contributed by atoms with Crippen molar-refractivity contribution in [3.8, 4) is 5.75 Å². The Bertz CT molecular complexity index is 1410. The molecule has 0 atom stereocenters. The van der Waals surface area contributed by atoms with Crippen molar-refractivity contribution in [1.29, 1.82) is 0 Å². The highest BCUT2D eigenvalue weighted by Crippen LogP contribution is 2.28. The number of aromatic nitrogens is 1. The normalized spacial score (nSPS) is 10.8. The predicted molar refractivity (Wildman–Crippen MR) is 126 cm³/mol. The lowest BCUT2D eigenvalue weighted by Gasteiger charge is -2.13. The molecule has 0 radical (unpaired) electrons. The van der Waals surface area contributed by atoms with E-state index >= 15 is 0 Å². The number of methoxy groups -OCH3 is 1. The maximum atomic E-state index is 13.4. The topological polar surface area (TPSA) is 103 Å². The zero-order chi connectivity index (χ0) is 24.1. The number of fused-ring (bicyclic) bond motifs is 1. The van der Waals surface area contributed by atoms with Gasteiger partial charge in [0, 0.05) is 24.2 Å². The number of hydrogen-bond acceptors (Lipinski definition) is 5. The second kappa shape index (κ2) is 10.0. The van der Waals surface area contributed by atoms with Gasteiger partial charge in [0.05, 0.1) is 18.3 Å². The van der Waals surface area contributed by atoms with Crippen molar-refractivity contribution < 1.29 is 23.1 Å². The SMILES string of the molecule is COc1ccc(NC(=O)CCCn2c(=O)oc3ccccc32)cc1NC(=O)c1cccc(F)c1. The average molecular weight is 463 g/mol. The molecule has 9 heteroatoms. The lowest BCUT2D eigenvalue weighted by molar-refractivity contribution is -0.116. The van der Waals surface area contributed by atoms with Crippen molar-refractivity contribution in [2.45, 2.75) is 19.4 Å². The van der Waals surface area contributed by atoms with E-state index in [0.29, 0.717) is 41.2 Å². The number of nitrogens with zero attached hydrogens (tertiary/aromatic N) is 1. The number of hydrogen-bond donors (Lipinski definition) is 2. The minimum absolute atomic E-state index is 0.151. The summed E-state index contributed by atoms with van der Waals surface area (Å²) < 4.78 is 25.4. The molecule has 0 saturated heterocycles. The highest BCUT2D eigenvalue weighted by molar-refractivity contribution is 6.05. The van der Waals surface area contributed by atoms with E-state index in [1.54, 1.807) is 36.4 Å². The molecular weight excluding hydrogens is 441 g/mol. The first-order valence-corrected chi connectivity index (χ1v) is 10.6. The number of amides is 2. The van der Waals surface area contributed by atoms with Gasteiger partial charge in [-0.25, -0.2) is 9.18 Å². The first-order chi connectivity index (χ1) is 16.4. The van der Waals surface area contributed by atoms with Crippen molar-refractivity contribution >= 4 is 34.3 Å². The molecule has 0 unspecified atom stereocenters. The molecule has 2 N–H and O–H groups in total. The molecular formula is C25H22FN3O5. The van der Waals surface area contributed by atoms with Crippen LogP contribution in [-0.2, 0) is 11.3 Å². The van der Waals surface area contributed by atoms with Crippen molar-refractivity contribution in [1.82, 2.24) is 4.57 Å². The summed E-state index contributed by atoms with van der Waals surface area (Å²) in [5, 5.41) is 5.44. The number of para-hydroxylation sites is 2. The summed E-state index contributed by atoms with van der Waals surface area (Å²) in [7, 11) is 1.45. The average Bonchev–Trinajstić information content (AvgIpc) is 3.14. The molecule has 4 aromatic rings. The summed E-state index contributed by atoms with van der Waals surface area (Å²) in [5.41, 5.74) is 2.11. The van der Waals surface area contributed by atoms with E-state index in [4.69, 9.17) is 9.15 Å². The fraction of sp³-hybridized carbons (Fsp3) is 0.160. The van der Waals surface area contributed by atoms with E-state index in [2.05, 4.69) is 10.6 Å². The number of ether oxygens (including phenoxy) is 1. The molecule has 8 nitrogen and oxygen atoms in total. The Hall–Kier alpha value is -4.40. The van der Waals surface area contributed by atoms with Crippen LogP contribution in [0.1, 0.15) is 23.2 Å². The lowest BCUT2D eigenvalue weighted by atomic mass is 10.2. The molecule has 0 fully saturated rings. The summed E-state index contributed by atoms with van der Waals surface area (Å²) in [4.78, 5) is 37.0. The number of rotatable bonds is 8. The molecule has 34 heavy (non-hydrogen) atoms. The molecule has 0 spiro atoms. The second-order valence-corrected chi connectivity index (χ2v) is 7.52. The second-order valence-electron chi connectivity index (χ2n) is 7.52. The lowest BCUT2D eigenvalue weighted by Crippen LogP contribution is -2.17. The van der Waals surface area contributed by atoms with Gasteiger partial charge < -0.3 is 19.8 Å². The minimum atomic E-state index is -0.522. The number of nitrogens with one attached hydrogen (secondary N) is 2. The van der Waals surface area contributed by atoms with E-state index < -0.39 is 17.5 Å². The van der Waals surface area contributed by atoms with E-state index in [0.717, 1.165) is 6.07 Å². The van der Waals surface area contributed by atoms with E-state index in [1.165, 1.54) is 29.9 Å². The fourth-order valence-corrected chi connectivity index (χ4v) is 3.55. The summed E-state index contributed by atoms with van der Waals surface area (Å²) in [6.07, 6.45) is 0.595. The summed E-state index contributed by atoms with van der Waals surface area (Å²) in [5.74, 6) is -1.37. The Kier molecular flexibility index (Phi) is 6.72. The van der Waals surface area contributed by atoms with Crippen LogP contribution in [0.5, 0.6) is 5.75 Å². The zero-order valence-corrected chi connectivity index (χ0v) is 18.3. The van der Waals surface area contributed by atoms with Crippen molar-refractivity contribution in [3.63, 3.8) is 0 Å². The van der Waals surface area contributed by atoms with Crippen LogP contribution in [0.25, 0.3) is 11.1 Å². The number of carbonyl (C=O) groups is 2. The van der Waals surface area contributed by atoms with Crippen LogP contribution in [0, 0.1) is 5.82 Å². The summed E-state index contributed by atoms with van der Waals surface area (Å²) in [6.45, 7) is 0.334.